The molecule has 0 unspecified atom stereocenters. The molecule has 0 aliphatic carbocycles. The number of nitriles is 1. The molecule has 0 aliphatic rings. The highest BCUT2D eigenvalue weighted by Crippen LogP contribution is 2.32. The zero-order valence-electron chi connectivity index (χ0n) is 11.8. The maximum Gasteiger partial charge on any atom is 0.167 e. The predicted molar refractivity (Wildman–Crippen MR) is 76.5 cm³/mol. The highest BCUT2D eigenvalue weighted by Gasteiger charge is 2.12. The van der Waals surface area contributed by atoms with Crippen molar-refractivity contribution in [2.24, 2.45) is 0 Å². The van der Waals surface area contributed by atoms with E-state index in [9.17, 15) is 4.39 Å². The van der Waals surface area contributed by atoms with E-state index in [2.05, 4.69) is 13.8 Å². The number of rotatable bonds is 3. The molecule has 0 saturated heterocycles. The fraction of sp³-hybridized carbons (Fsp3) is 0.235. The molecular weight excluding hydrogens is 253 g/mol. The molecule has 0 N–H and O–H groups in total. The molecule has 0 atom stereocenters. The van der Waals surface area contributed by atoms with E-state index in [1.165, 1.54) is 12.1 Å². The lowest BCUT2D eigenvalue weighted by Crippen LogP contribution is -1.96. The van der Waals surface area contributed by atoms with Crippen molar-refractivity contribution < 1.29 is 9.13 Å². The lowest BCUT2D eigenvalue weighted by Gasteiger charge is -2.15. The summed E-state index contributed by atoms with van der Waals surface area (Å²) in [6, 6.07) is 12.0. The molecule has 2 rings (SSSR count). The second-order valence-corrected chi connectivity index (χ2v) is 5.06. The molecule has 2 nitrogen and oxygen atoms in total. The van der Waals surface area contributed by atoms with Crippen molar-refractivity contribution in [1.29, 1.82) is 5.26 Å². The number of halogens is 1. The van der Waals surface area contributed by atoms with Crippen molar-refractivity contribution in [2.75, 3.05) is 0 Å². The summed E-state index contributed by atoms with van der Waals surface area (Å²) >= 11 is 0. The highest BCUT2D eigenvalue weighted by atomic mass is 19.1. The van der Waals surface area contributed by atoms with Gasteiger partial charge in [-0.1, -0.05) is 26.0 Å². The van der Waals surface area contributed by atoms with Crippen LogP contribution in [0.1, 0.15) is 36.5 Å². The van der Waals surface area contributed by atoms with Gasteiger partial charge in [-0.05, 0) is 48.2 Å². The average Bonchev–Trinajstić information content (AvgIpc) is 2.40. The van der Waals surface area contributed by atoms with E-state index in [1.54, 1.807) is 6.07 Å². The fourth-order valence-electron chi connectivity index (χ4n) is 1.98. The van der Waals surface area contributed by atoms with Crippen LogP contribution in [0.3, 0.4) is 0 Å². The first kappa shape index (κ1) is 14.1. The molecule has 0 fully saturated rings. The van der Waals surface area contributed by atoms with Crippen molar-refractivity contribution >= 4 is 0 Å². The van der Waals surface area contributed by atoms with Gasteiger partial charge in [-0.2, -0.15) is 5.26 Å². The van der Waals surface area contributed by atoms with E-state index in [0.29, 0.717) is 5.75 Å². The molecular formula is C17H16FNO. The minimum absolute atomic E-state index is 0.136. The Morgan fingerprint density at radius 2 is 1.85 bits per heavy atom. The van der Waals surface area contributed by atoms with E-state index in [0.717, 1.165) is 11.1 Å². The Morgan fingerprint density at radius 1 is 1.10 bits per heavy atom. The van der Waals surface area contributed by atoms with Gasteiger partial charge >= 0.3 is 0 Å². The number of hydrogen-bond acceptors (Lipinski definition) is 2. The molecule has 0 aliphatic heterocycles. The van der Waals surface area contributed by atoms with E-state index < -0.39 is 5.82 Å². The lowest BCUT2D eigenvalue weighted by molar-refractivity contribution is 0.435. The first-order valence-electron chi connectivity index (χ1n) is 6.49. The Balaban J connectivity index is 2.39. The van der Waals surface area contributed by atoms with E-state index in [-0.39, 0.29) is 17.2 Å². The first-order chi connectivity index (χ1) is 9.51. The molecule has 0 aromatic heterocycles. The lowest BCUT2D eigenvalue weighted by atomic mass is 10.0. The summed E-state index contributed by atoms with van der Waals surface area (Å²) in [5, 5.41) is 8.74. The van der Waals surface area contributed by atoms with Gasteiger partial charge in [0.2, 0.25) is 0 Å². The normalized spacial score (nSPS) is 10.4. The highest BCUT2D eigenvalue weighted by molar-refractivity contribution is 5.44. The van der Waals surface area contributed by atoms with Crippen LogP contribution < -0.4 is 4.74 Å². The van der Waals surface area contributed by atoms with Crippen molar-refractivity contribution in [3.8, 4) is 17.6 Å². The van der Waals surface area contributed by atoms with Crippen molar-refractivity contribution in [1.82, 2.24) is 0 Å². The summed E-state index contributed by atoms with van der Waals surface area (Å²) < 4.78 is 19.6. The van der Waals surface area contributed by atoms with Crippen molar-refractivity contribution in [3.63, 3.8) is 0 Å². The molecule has 20 heavy (non-hydrogen) atoms. The molecule has 0 radical (unpaired) electrons. The summed E-state index contributed by atoms with van der Waals surface area (Å²) in [5.41, 5.74) is 2.36. The van der Waals surface area contributed by atoms with Crippen LogP contribution in [0.4, 0.5) is 4.39 Å². The Hall–Kier alpha value is -2.34. The standard InChI is InChI=1S/C17H16FNO/c1-11(2)14-6-4-12(3)8-17(14)20-16-7-5-13(10-19)9-15(16)18/h4-9,11H,1-3H3. The molecule has 3 heteroatoms. The summed E-state index contributed by atoms with van der Waals surface area (Å²) in [6.45, 7) is 6.09. The Kier molecular flexibility index (Phi) is 4.05. The maximum absolute atomic E-state index is 13.9. The van der Waals surface area contributed by atoms with Gasteiger partial charge < -0.3 is 4.74 Å². The van der Waals surface area contributed by atoms with Crippen LogP contribution in [0.2, 0.25) is 0 Å². The van der Waals surface area contributed by atoms with Crippen LogP contribution in [-0.2, 0) is 0 Å². The summed E-state index contributed by atoms with van der Waals surface area (Å²) in [4.78, 5) is 0. The zero-order valence-corrected chi connectivity index (χ0v) is 11.8. The Labute approximate surface area is 118 Å². The van der Waals surface area contributed by atoms with E-state index >= 15 is 0 Å². The van der Waals surface area contributed by atoms with Crippen LogP contribution in [0.25, 0.3) is 0 Å². The van der Waals surface area contributed by atoms with E-state index in [1.807, 2.05) is 31.2 Å². The van der Waals surface area contributed by atoms with Crippen LogP contribution >= 0.6 is 0 Å². The topological polar surface area (TPSA) is 33.0 Å². The maximum atomic E-state index is 13.9. The van der Waals surface area contributed by atoms with Crippen molar-refractivity contribution in [2.45, 2.75) is 26.7 Å². The second kappa shape index (κ2) is 5.75. The van der Waals surface area contributed by atoms with Crippen molar-refractivity contribution in [3.05, 3.63) is 58.9 Å². The van der Waals surface area contributed by atoms with Gasteiger partial charge in [-0.3, -0.25) is 0 Å². The average molecular weight is 269 g/mol. The molecule has 2 aromatic rings. The second-order valence-electron chi connectivity index (χ2n) is 5.06. The molecule has 0 heterocycles. The van der Waals surface area contributed by atoms with Gasteiger partial charge in [0.1, 0.15) is 5.75 Å². The van der Waals surface area contributed by atoms with Gasteiger partial charge in [0.05, 0.1) is 11.6 Å². The molecule has 2 aromatic carbocycles. The molecule has 102 valence electrons. The largest absolute Gasteiger partial charge is 0.454 e. The summed E-state index contributed by atoms with van der Waals surface area (Å²) in [5.74, 6) is 0.549. The Bertz CT molecular complexity index is 671. The van der Waals surface area contributed by atoms with Gasteiger partial charge in [0.25, 0.3) is 0 Å². The number of nitrogens with zero attached hydrogens (tertiary/aromatic N) is 1. The monoisotopic (exact) mass is 269 g/mol. The first-order valence-corrected chi connectivity index (χ1v) is 6.49. The third kappa shape index (κ3) is 2.97. The SMILES string of the molecule is Cc1ccc(C(C)C)c(Oc2ccc(C#N)cc2F)c1. The molecule has 0 amide bonds. The third-order valence-corrected chi connectivity index (χ3v) is 3.07. The van der Waals surface area contributed by atoms with Gasteiger partial charge in [0.15, 0.2) is 11.6 Å². The minimum atomic E-state index is -0.528. The fourth-order valence-corrected chi connectivity index (χ4v) is 1.98. The van der Waals surface area contributed by atoms with Crippen LogP contribution in [-0.4, -0.2) is 0 Å². The van der Waals surface area contributed by atoms with Crippen LogP contribution in [0.15, 0.2) is 36.4 Å². The van der Waals surface area contributed by atoms with Crippen LogP contribution in [0.5, 0.6) is 11.5 Å². The number of ether oxygens (including phenoxy) is 1. The molecule has 0 bridgehead atoms. The zero-order chi connectivity index (χ0) is 14.7. The predicted octanol–water partition coefficient (Wildman–Crippen LogP) is 4.92. The Morgan fingerprint density at radius 3 is 2.45 bits per heavy atom. The summed E-state index contributed by atoms with van der Waals surface area (Å²) in [7, 11) is 0. The number of hydrogen-bond donors (Lipinski definition) is 0. The smallest absolute Gasteiger partial charge is 0.167 e. The minimum Gasteiger partial charge on any atom is -0.454 e. The third-order valence-electron chi connectivity index (χ3n) is 3.07. The van der Waals surface area contributed by atoms with Crippen LogP contribution in [0, 0.1) is 24.1 Å². The van der Waals surface area contributed by atoms with E-state index in [4.69, 9.17) is 10.00 Å². The molecule has 0 spiro atoms. The van der Waals surface area contributed by atoms with Gasteiger partial charge in [0, 0.05) is 0 Å². The number of aryl methyl sites for hydroxylation is 1. The quantitative estimate of drug-likeness (QED) is 0.792. The van der Waals surface area contributed by atoms with Gasteiger partial charge in [-0.25, -0.2) is 4.39 Å². The van der Waals surface area contributed by atoms with Gasteiger partial charge in [-0.15, -0.1) is 0 Å². The number of benzene rings is 2. The summed E-state index contributed by atoms with van der Waals surface area (Å²) in [6.07, 6.45) is 0. The molecule has 0 saturated carbocycles.